The molecule has 4 nitrogen and oxygen atoms in total. The van der Waals surface area contributed by atoms with Gasteiger partial charge in [-0.15, -0.1) is 0 Å². The van der Waals surface area contributed by atoms with Crippen LogP contribution in [0.5, 0.6) is 0 Å². The summed E-state index contributed by atoms with van der Waals surface area (Å²) in [5.41, 5.74) is 13.7. The molecule has 0 bridgehead atoms. The van der Waals surface area contributed by atoms with Crippen LogP contribution in [-0.4, -0.2) is 15.0 Å². The summed E-state index contributed by atoms with van der Waals surface area (Å²) in [6.45, 7) is 0. The lowest BCUT2D eigenvalue weighted by atomic mass is 9.86. The second kappa shape index (κ2) is 14.9. The van der Waals surface area contributed by atoms with Crippen LogP contribution in [0.15, 0.2) is 223 Å². The van der Waals surface area contributed by atoms with Crippen LogP contribution >= 0.6 is 0 Å². The highest BCUT2D eigenvalue weighted by Gasteiger charge is 2.55. The first kappa shape index (κ1) is 38.4. The molecule has 69 heavy (non-hydrogen) atoms. The van der Waals surface area contributed by atoms with Gasteiger partial charge in [-0.3, -0.25) is 0 Å². The minimum atomic E-state index is 0.218. The number of benzene rings is 11. The van der Waals surface area contributed by atoms with Gasteiger partial charge >= 0.3 is 0 Å². The Kier molecular flexibility index (Phi) is 8.28. The van der Waals surface area contributed by atoms with Crippen LogP contribution < -0.4 is 0 Å². The van der Waals surface area contributed by atoms with Crippen molar-refractivity contribution in [3.63, 3.8) is 0 Å². The minimum absolute atomic E-state index is 0.218. The van der Waals surface area contributed by atoms with Gasteiger partial charge in [0.1, 0.15) is 11.2 Å². The summed E-state index contributed by atoms with van der Waals surface area (Å²) < 4.78 is 7.13. The molecule has 0 aliphatic heterocycles. The fourth-order valence-electron chi connectivity index (χ4n) is 11.9. The molecule has 1 fully saturated rings. The van der Waals surface area contributed by atoms with E-state index in [9.17, 15) is 0 Å². The number of rotatable bonds is 5. The Morgan fingerprint density at radius 2 is 0.928 bits per heavy atom. The predicted octanol–water partition coefficient (Wildman–Crippen LogP) is 16.8. The van der Waals surface area contributed by atoms with Crippen LogP contribution in [0.1, 0.15) is 28.5 Å². The fourth-order valence-corrected chi connectivity index (χ4v) is 11.9. The van der Waals surface area contributed by atoms with Gasteiger partial charge in [0.05, 0.1) is 0 Å². The summed E-state index contributed by atoms with van der Waals surface area (Å²) in [5, 5.41) is 12.1. The van der Waals surface area contributed by atoms with Gasteiger partial charge in [-0.05, 0) is 131 Å². The number of fused-ring (bicyclic) bond motifs is 14. The van der Waals surface area contributed by atoms with Crippen molar-refractivity contribution in [1.29, 1.82) is 0 Å². The smallest absolute Gasteiger partial charge is 0.164 e. The Balaban J connectivity index is 0.966. The molecular weight excluding hydrogens is 839 g/mol. The first-order valence-corrected chi connectivity index (χ1v) is 24.0. The van der Waals surface area contributed by atoms with E-state index in [0.29, 0.717) is 23.4 Å². The number of aromatic nitrogens is 3. The first-order valence-electron chi connectivity index (χ1n) is 24.0. The summed E-state index contributed by atoms with van der Waals surface area (Å²) in [7, 11) is 0. The van der Waals surface area contributed by atoms with E-state index in [-0.39, 0.29) is 11.8 Å². The molecule has 2 aromatic heterocycles. The van der Waals surface area contributed by atoms with Crippen LogP contribution in [0.3, 0.4) is 0 Å². The normalized spacial score (nSPS) is 16.2. The molecule has 1 saturated carbocycles. The van der Waals surface area contributed by atoms with Gasteiger partial charge in [0.15, 0.2) is 17.5 Å². The second-order valence-corrected chi connectivity index (χ2v) is 19.0. The van der Waals surface area contributed by atoms with Crippen molar-refractivity contribution in [3.8, 4) is 56.4 Å². The van der Waals surface area contributed by atoms with E-state index in [2.05, 4.69) is 218 Å². The van der Waals surface area contributed by atoms with Gasteiger partial charge in [0.25, 0.3) is 0 Å². The van der Waals surface area contributed by atoms with E-state index in [1.165, 1.54) is 65.7 Å². The maximum atomic E-state index is 7.13. The molecule has 0 amide bonds. The average molecular weight is 880 g/mol. The molecule has 0 spiro atoms. The molecule has 3 unspecified atom stereocenters. The predicted molar refractivity (Wildman–Crippen MR) is 283 cm³/mol. The molecule has 0 saturated heterocycles. The van der Waals surface area contributed by atoms with Crippen molar-refractivity contribution in [2.75, 3.05) is 0 Å². The Hall–Kier alpha value is -8.73. The van der Waals surface area contributed by atoms with Crippen LogP contribution in [0.4, 0.5) is 0 Å². The van der Waals surface area contributed by atoms with Crippen molar-refractivity contribution in [2.45, 2.75) is 18.3 Å². The van der Waals surface area contributed by atoms with E-state index in [4.69, 9.17) is 19.4 Å². The zero-order chi connectivity index (χ0) is 45.2. The van der Waals surface area contributed by atoms with Gasteiger partial charge < -0.3 is 4.42 Å². The molecule has 0 radical (unpaired) electrons. The van der Waals surface area contributed by atoms with Crippen molar-refractivity contribution in [3.05, 3.63) is 235 Å². The average Bonchev–Trinajstić information content (AvgIpc) is 4.01. The van der Waals surface area contributed by atoms with Crippen LogP contribution in [0.25, 0.3) is 121 Å². The minimum Gasteiger partial charge on any atom is -0.455 e. The summed E-state index contributed by atoms with van der Waals surface area (Å²) in [4.78, 5) is 16.0. The Morgan fingerprint density at radius 3 is 1.71 bits per heavy atom. The topological polar surface area (TPSA) is 51.8 Å². The summed E-state index contributed by atoms with van der Waals surface area (Å²) in [6, 6.07) is 79.0. The summed E-state index contributed by atoms with van der Waals surface area (Å²) in [5.74, 6) is 2.75. The maximum Gasteiger partial charge on any atom is 0.164 e. The first-order chi connectivity index (χ1) is 34.2. The molecule has 2 aliphatic rings. The highest BCUT2D eigenvalue weighted by molar-refractivity contribution is 6.17. The van der Waals surface area contributed by atoms with Crippen LogP contribution in [0, 0.1) is 5.92 Å². The number of nitrogens with zero attached hydrogens (tertiary/aromatic N) is 3. The molecule has 4 heteroatoms. The van der Waals surface area contributed by atoms with Gasteiger partial charge in [-0.25, -0.2) is 15.0 Å². The van der Waals surface area contributed by atoms with E-state index in [1.54, 1.807) is 0 Å². The molecule has 3 atom stereocenters. The Bertz CT molecular complexity index is 4250. The largest absolute Gasteiger partial charge is 0.455 e. The summed E-state index contributed by atoms with van der Waals surface area (Å²) >= 11 is 0. The molecule has 13 aromatic rings. The molecule has 0 N–H and O–H groups in total. The molecular formula is C65H41N3O. The zero-order valence-corrected chi connectivity index (χ0v) is 37.5. The number of hydrogen-bond donors (Lipinski definition) is 0. The van der Waals surface area contributed by atoms with E-state index in [0.717, 1.165) is 61.4 Å². The molecule has 11 aromatic carbocycles. The fraction of sp³-hybridized carbons (Fsp3) is 0.0615. The third-order valence-electron chi connectivity index (χ3n) is 15.2. The number of furan rings is 1. The van der Waals surface area contributed by atoms with E-state index < -0.39 is 0 Å². The highest BCUT2D eigenvalue weighted by atomic mass is 16.3. The highest BCUT2D eigenvalue weighted by Crippen LogP contribution is 2.67. The molecule has 2 aliphatic carbocycles. The van der Waals surface area contributed by atoms with Gasteiger partial charge in [-0.1, -0.05) is 188 Å². The van der Waals surface area contributed by atoms with Crippen molar-refractivity contribution in [1.82, 2.24) is 15.0 Å². The van der Waals surface area contributed by atoms with Gasteiger partial charge in [0, 0.05) is 32.8 Å². The van der Waals surface area contributed by atoms with E-state index in [1.807, 2.05) is 0 Å². The van der Waals surface area contributed by atoms with E-state index >= 15 is 0 Å². The molecule has 322 valence electrons. The SMILES string of the molecule is c1ccc(-c2ccc(-c3nc(-c4ccc5ccccc5c4)nc(-c4cc(C5C6Cc7cc8ccccc8cc7-c7ccc8ccccc8c7C65)c5c(c4)oc4c6ccccc6ccc45)n3)cc2)cc1. The zero-order valence-electron chi connectivity index (χ0n) is 37.5. The lowest BCUT2D eigenvalue weighted by Gasteiger charge is -2.17. The quantitative estimate of drug-likeness (QED) is 0.173. The maximum absolute atomic E-state index is 7.13. The molecule has 2 heterocycles. The van der Waals surface area contributed by atoms with Gasteiger partial charge in [0.2, 0.25) is 0 Å². The number of hydrogen-bond acceptors (Lipinski definition) is 4. The molecule has 15 rings (SSSR count). The summed E-state index contributed by atoms with van der Waals surface area (Å²) in [6.07, 6.45) is 0.976. The van der Waals surface area contributed by atoms with Crippen molar-refractivity contribution < 1.29 is 4.42 Å². The lowest BCUT2D eigenvalue weighted by Crippen LogP contribution is -2.01. The lowest BCUT2D eigenvalue weighted by molar-refractivity contribution is 0.672. The third kappa shape index (κ3) is 6.12. The second-order valence-electron chi connectivity index (χ2n) is 19.0. The monoisotopic (exact) mass is 879 g/mol. The Morgan fingerprint density at radius 1 is 0.362 bits per heavy atom. The van der Waals surface area contributed by atoms with Gasteiger partial charge in [-0.2, -0.15) is 0 Å². The van der Waals surface area contributed by atoms with Crippen molar-refractivity contribution in [2.24, 2.45) is 5.92 Å². The van der Waals surface area contributed by atoms with Crippen molar-refractivity contribution >= 4 is 65.0 Å². The standard InChI is InChI=1S/C65H41N3O/c1-2-12-38(13-3-1)40-22-25-43(26-23-40)63-66-64(47-27-24-39-14-4-5-17-44(39)32-47)68-65(67-63)49-36-55(58-53-31-29-42-16-9-11-21-51(42)62(53)69-57(58)37-49)60-56-35-48-33-45-18-6-7-19-46(45)34-54(48)52-30-28-41-15-8-10-20-50(41)59(52)61(56)60/h1-34,36-37,56,60-61H,35H2. The van der Waals surface area contributed by atoms with Crippen LogP contribution in [0.2, 0.25) is 0 Å². The Labute approximate surface area is 398 Å². The van der Waals surface area contributed by atoms with Crippen LogP contribution in [-0.2, 0) is 6.42 Å². The third-order valence-corrected chi connectivity index (χ3v) is 15.2.